The molecule has 4 nitrogen and oxygen atoms in total. The molecule has 1 aliphatic heterocycles. The van der Waals surface area contributed by atoms with Gasteiger partial charge in [0.05, 0.1) is 4.90 Å². The van der Waals surface area contributed by atoms with Crippen LogP contribution in [0.1, 0.15) is 24.8 Å². The molecule has 1 saturated heterocycles. The normalized spacial score (nSPS) is 29.0. The first-order valence-electron chi connectivity index (χ1n) is 7.41. The van der Waals surface area contributed by atoms with E-state index >= 15 is 0 Å². The Morgan fingerprint density at radius 3 is 2.64 bits per heavy atom. The van der Waals surface area contributed by atoms with Gasteiger partial charge in [-0.25, -0.2) is 8.42 Å². The van der Waals surface area contributed by atoms with Crippen molar-refractivity contribution >= 4 is 34.0 Å². The van der Waals surface area contributed by atoms with Crippen molar-refractivity contribution in [3.05, 3.63) is 28.8 Å². The Balaban J connectivity index is 0.00000176. The van der Waals surface area contributed by atoms with E-state index in [0.717, 1.165) is 19.3 Å². The van der Waals surface area contributed by atoms with Crippen LogP contribution in [0.3, 0.4) is 0 Å². The highest BCUT2D eigenvalue weighted by Gasteiger charge is 2.43. The molecule has 1 aromatic rings. The minimum Gasteiger partial charge on any atom is -0.327 e. The van der Waals surface area contributed by atoms with Crippen LogP contribution < -0.4 is 5.73 Å². The molecule has 0 radical (unpaired) electrons. The molecule has 1 heterocycles. The molecule has 1 saturated carbocycles. The topological polar surface area (TPSA) is 63.4 Å². The van der Waals surface area contributed by atoms with E-state index in [4.69, 9.17) is 17.3 Å². The highest BCUT2D eigenvalue weighted by atomic mass is 35.5. The van der Waals surface area contributed by atoms with E-state index in [1.807, 2.05) is 0 Å². The number of rotatable bonds is 2. The van der Waals surface area contributed by atoms with Crippen molar-refractivity contribution in [2.75, 3.05) is 13.1 Å². The second-order valence-corrected chi connectivity index (χ2v) is 8.59. The Morgan fingerprint density at radius 1 is 1.27 bits per heavy atom. The molecule has 0 spiro atoms. The number of nitrogens with zero attached hydrogens (tertiary/aromatic N) is 1. The molecule has 0 aromatic heterocycles. The van der Waals surface area contributed by atoms with Gasteiger partial charge in [0.2, 0.25) is 10.0 Å². The van der Waals surface area contributed by atoms with E-state index in [2.05, 4.69) is 0 Å². The predicted octanol–water partition coefficient (Wildman–Crippen LogP) is 2.82. The number of hydrogen-bond acceptors (Lipinski definition) is 3. The molecule has 1 aliphatic carbocycles. The van der Waals surface area contributed by atoms with Crippen LogP contribution in [0.2, 0.25) is 5.02 Å². The van der Waals surface area contributed by atoms with Crippen molar-refractivity contribution < 1.29 is 8.42 Å². The lowest BCUT2D eigenvalue weighted by molar-refractivity contribution is 0.260. The number of aryl methyl sites for hydroxylation is 1. The van der Waals surface area contributed by atoms with Gasteiger partial charge in [-0.1, -0.05) is 18.0 Å². The zero-order valence-electron chi connectivity index (χ0n) is 12.5. The Labute approximate surface area is 143 Å². The molecule has 3 unspecified atom stereocenters. The summed E-state index contributed by atoms with van der Waals surface area (Å²) in [5.41, 5.74) is 6.87. The van der Waals surface area contributed by atoms with Gasteiger partial charge in [0.15, 0.2) is 0 Å². The third-order valence-electron chi connectivity index (χ3n) is 4.88. The van der Waals surface area contributed by atoms with Crippen molar-refractivity contribution in [3.63, 3.8) is 0 Å². The first-order valence-corrected chi connectivity index (χ1v) is 9.23. The van der Waals surface area contributed by atoms with Crippen LogP contribution in [-0.2, 0) is 10.0 Å². The summed E-state index contributed by atoms with van der Waals surface area (Å²) in [5.74, 6) is 0.720. The van der Waals surface area contributed by atoms with Crippen LogP contribution in [0.4, 0.5) is 0 Å². The van der Waals surface area contributed by atoms with E-state index in [0.29, 0.717) is 40.4 Å². The van der Waals surface area contributed by atoms with Crippen molar-refractivity contribution in [1.82, 2.24) is 4.31 Å². The maximum Gasteiger partial charge on any atom is 0.243 e. The average Bonchev–Trinajstić information content (AvgIpc) is 2.84. The van der Waals surface area contributed by atoms with E-state index in [-0.39, 0.29) is 18.4 Å². The van der Waals surface area contributed by atoms with Crippen LogP contribution in [-0.4, -0.2) is 31.9 Å². The fraction of sp³-hybridized carbons (Fsp3) is 0.600. The molecule has 2 fully saturated rings. The smallest absolute Gasteiger partial charge is 0.243 e. The molecule has 7 heteroatoms. The van der Waals surface area contributed by atoms with Crippen molar-refractivity contribution in [3.8, 4) is 0 Å². The Kier molecular flexibility index (Phi) is 5.45. The van der Waals surface area contributed by atoms with Gasteiger partial charge in [-0.05, 0) is 55.4 Å². The fourth-order valence-electron chi connectivity index (χ4n) is 3.71. The van der Waals surface area contributed by atoms with Gasteiger partial charge >= 0.3 is 0 Å². The lowest BCUT2D eigenvalue weighted by atomic mass is 9.78. The average molecular weight is 365 g/mol. The largest absolute Gasteiger partial charge is 0.327 e. The second-order valence-electron chi connectivity index (χ2n) is 6.25. The maximum atomic E-state index is 12.9. The molecule has 22 heavy (non-hydrogen) atoms. The van der Waals surface area contributed by atoms with Crippen LogP contribution in [0.5, 0.6) is 0 Å². The molecule has 124 valence electrons. The summed E-state index contributed by atoms with van der Waals surface area (Å²) in [7, 11) is -3.45. The highest BCUT2D eigenvalue weighted by molar-refractivity contribution is 7.89. The van der Waals surface area contributed by atoms with E-state index < -0.39 is 10.0 Å². The summed E-state index contributed by atoms with van der Waals surface area (Å²) in [4.78, 5) is 0.360. The maximum absolute atomic E-state index is 12.9. The van der Waals surface area contributed by atoms with E-state index in [1.165, 1.54) is 0 Å². The number of halogens is 2. The second kappa shape index (κ2) is 6.65. The number of hydrogen-bond donors (Lipinski definition) is 1. The van der Waals surface area contributed by atoms with Gasteiger partial charge in [-0.15, -0.1) is 12.4 Å². The van der Waals surface area contributed by atoms with Crippen LogP contribution in [0.25, 0.3) is 0 Å². The van der Waals surface area contributed by atoms with Gasteiger partial charge in [0.1, 0.15) is 0 Å². The SMILES string of the molecule is Cc1cc(Cl)ccc1S(=O)(=O)N1CC2CCCC(N)C2C1.Cl. The molecule has 1 aromatic carbocycles. The lowest BCUT2D eigenvalue weighted by Crippen LogP contribution is -2.38. The number of fused-ring (bicyclic) bond motifs is 1. The zero-order chi connectivity index (χ0) is 15.2. The first-order chi connectivity index (χ1) is 9.89. The van der Waals surface area contributed by atoms with Gasteiger partial charge < -0.3 is 5.73 Å². The Bertz CT molecular complexity index is 651. The van der Waals surface area contributed by atoms with Crippen LogP contribution in [0, 0.1) is 18.8 Å². The van der Waals surface area contributed by atoms with Crippen LogP contribution >= 0.6 is 24.0 Å². The minimum absolute atomic E-state index is 0. The number of nitrogens with two attached hydrogens (primary N) is 1. The van der Waals surface area contributed by atoms with Crippen molar-refractivity contribution in [2.45, 2.75) is 37.1 Å². The molecule has 0 bridgehead atoms. The summed E-state index contributed by atoms with van der Waals surface area (Å²) in [5, 5.41) is 0.559. The monoisotopic (exact) mass is 364 g/mol. The molecule has 2 N–H and O–H groups in total. The van der Waals surface area contributed by atoms with Crippen molar-refractivity contribution in [2.24, 2.45) is 17.6 Å². The summed E-state index contributed by atoms with van der Waals surface area (Å²) < 4.78 is 27.3. The van der Waals surface area contributed by atoms with E-state index in [9.17, 15) is 8.42 Å². The van der Waals surface area contributed by atoms with Gasteiger partial charge in [0.25, 0.3) is 0 Å². The Morgan fingerprint density at radius 2 is 2.00 bits per heavy atom. The van der Waals surface area contributed by atoms with Gasteiger partial charge in [-0.2, -0.15) is 4.31 Å². The molecule has 0 amide bonds. The first kappa shape index (κ1) is 18.0. The Hall–Kier alpha value is -0.330. The summed E-state index contributed by atoms with van der Waals surface area (Å²) in [6.45, 7) is 2.94. The zero-order valence-corrected chi connectivity index (χ0v) is 14.9. The molecule has 2 aliphatic rings. The highest BCUT2D eigenvalue weighted by Crippen LogP contribution is 2.38. The van der Waals surface area contributed by atoms with Crippen LogP contribution in [0.15, 0.2) is 23.1 Å². The standard InChI is InChI=1S/C15H21ClN2O2S.ClH/c1-10-7-12(16)5-6-15(10)21(19,20)18-8-11-3-2-4-14(17)13(11)9-18;/h5-7,11,13-14H,2-4,8-9,17H2,1H3;1H. The number of benzene rings is 1. The predicted molar refractivity (Wildman–Crippen MR) is 91.0 cm³/mol. The third-order valence-corrected chi connectivity index (χ3v) is 7.10. The quantitative estimate of drug-likeness (QED) is 0.877. The van der Waals surface area contributed by atoms with Gasteiger partial charge in [-0.3, -0.25) is 0 Å². The molecule has 3 rings (SSSR count). The molecular weight excluding hydrogens is 343 g/mol. The van der Waals surface area contributed by atoms with Gasteiger partial charge in [0, 0.05) is 24.2 Å². The molecule has 3 atom stereocenters. The van der Waals surface area contributed by atoms with E-state index in [1.54, 1.807) is 29.4 Å². The summed E-state index contributed by atoms with van der Waals surface area (Å²) in [6, 6.07) is 5.07. The lowest BCUT2D eigenvalue weighted by Gasteiger charge is -2.29. The minimum atomic E-state index is -3.45. The summed E-state index contributed by atoms with van der Waals surface area (Å²) >= 11 is 5.92. The van der Waals surface area contributed by atoms with Crippen molar-refractivity contribution in [1.29, 1.82) is 0 Å². The summed E-state index contributed by atoms with van der Waals surface area (Å²) in [6.07, 6.45) is 3.20. The fourth-order valence-corrected chi connectivity index (χ4v) is 5.68. The third kappa shape index (κ3) is 3.15. The molecular formula is C15H22Cl2N2O2S. The number of sulfonamides is 1.